The van der Waals surface area contributed by atoms with Crippen LogP contribution < -0.4 is 0 Å². The first kappa shape index (κ1) is 8.21. The Morgan fingerprint density at radius 3 is 2.67 bits per heavy atom. The lowest BCUT2D eigenvalue weighted by Gasteiger charge is -1.85. The molecule has 9 heavy (non-hydrogen) atoms. The predicted octanol–water partition coefficient (Wildman–Crippen LogP) is 1.82. The van der Waals surface area contributed by atoms with Crippen molar-refractivity contribution in [1.29, 1.82) is 0 Å². The number of hydrogen-bond acceptors (Lipinski definition) is 1. The highest BCUT2D eigenvalue weighted by molar-refractivity contribution is 5.66. The number of carbonyl (C=O) groups is 1. The molecule has 0 aromatic carbocycles. The summed E-state index contributed by atoms with van der Waals surface area (Å²) in [6, 6.07) is 0. The van der Waals surface area contributed by atoms with E-state index < -0.39 is 5.97 Å². The second kappa shape index (κ2) is 5.35. The number of carboxylic acid groups (broad SMARTS) is 1. The molecule has 0 bridgehead atoms. The minimum absolute atomic E-state index is 0.247. The van der Waals surface area contributed by atoms with Crippen molar-refractivity contribution in [3.05, 3.63) is 12.2 Å². The Labute approximate surface area is 55.2 Å². The molecule has 2 heteroatoms. The van der Waals surface area contributed by atoms with Crippen molar-refractivity contribution in [3.8, 4) is 0 Å². The molecular weight excluding hydrogens is 116 g/mol. The van der Waals surface area contributed by atoms with Gasteiger partial charge in [0.15, 0.2) is 0 Å². The van der Waals surface area contributed by atoms with Gasteiger partial charge in [-0.15, -0.1) is 0 Å². The molecule has 0 amide bonds. The number of aliphatic carboxylic acids is 1. The van der Waals surface area contributed by atoms with E-state index in [2.05, 4.69) is 0 Å². The summed E-state index contributed by atoms with van der Waals surface area (Å²) >= 11 is 0. The zero-order chi connectivity index (χ0) is 7.11. The summed E-state index contributed by atoms with van der Waals surface area (Å²) in [5.74, 6) is -0.726. The lowest BCUT2D eigenvalue weighted by Crippen LogP contribution is -1.91. The molecular formula is C7H12O2. The van der Waals surface area contributed by atoms with Gasteiger partial charge in [0.25, 0.3) is 0 Å². The van der Waals surface area contributed by atoms with Crippen LogP contribution in [0.2, 0.25) is 0 Å². The van der Waals surface area contributed by atoms with Gasteiger partial charge in [0.2, 0.25) is 0 Å². The molecule has 0 aromatic rings. The summed E-state index contributed by atoms with van der Waals surface area (Å²) in [5, 5.41) is 8.18. The van der Waals surface area contributed by atoms with Crippen molar-refractivity contribution < 1.29 is 9.90 Å². The van der Waals surface area contributed by atoms with Crippen LogP contribution in [0.3, 0.4) is 0 Å². The quantitative estimate of drug-likeness (QED) is 0.586. The summed E-state index contributed by atoms with van der Waals surface area (Å²) in [7, 11) is 0. The van der Waals surface area contributed by atoms with Crippen LogP contribution in [0, 0.1) is 0 Å². The van der Waals surface area contributed by atoms with Crippen molar-refractivity contribution in [1.82, 2.24) is 0 Å². The van der Waals surface area contributed by atoms with Gasteiger partial charge in [-0.1, -0.05) is 19.1 Å². The van der Waals surface area contributed by atoms with E-state index in [1.807, 2.05) is 19.1 Å². The van der Waals surface area contributed by atoms with Gasteiger partial charge in [-0.25, -0.2) is 0 Å². The first-order chi connectivity index (χ1) is 4.27. The van der Waals surface area contributed by atoms with Crippen molar-refractivity contribution in [3.63, 3.8) is 0 Å². The molecule has 0 rings (SSSR count). The molecule has 1 N–H and O–H groups in total. The lowest BCUT2D eigenvalue weighted by atomic mass is 10.3. The summed E-state index contributed by atoms with van der Waals surface area (Å²) in [5.41, 5.74) is 0. The fourth-order valence-electron chi connectivity index (χ4n) is 0.491. The van der Waals surface area contributed by atoms with Gasteiger partial charge < -0.3 is 5.11 Å². The maximum absolute atomic E-state index is 9.93. The maximum atomic E-state index is 9.93. The molecule has 0 aliphatic rings. The average molecular weight is 128 g/mol. The van der Waals surface area contributed by atoms with Crippen molar-refractivity contribution in [2.75, 3.05) is 0 Å². The molecule has 0 aromatic heterocycles. The predicted molar refractivity (Wildman–Crippen MR) is 36.3 cm³/mol. The van der Waals surface area contributed by atoms with Crippen LogP contribution in [0.1, 0.15) is 26.2 Å². The van der Waals surface area contributed by atoms with E-state index >= 15 is 0 Å². The summed E-state index contributed by atoms with van der Waals surface area (Å²) in [6.45, 7) is 2.03. The minimum Gasteiger partial charge on any atom is -0.481 e. The monoisotopic (exact) mass is 128 g/mol. The molecule has 2 nitrogen and oxygen atoms in total. The Kier molecular flexibility index (Phi) is 4.88. The van der Waals surface area contributed by atoms with Crippen LogP contribution >= 0.6 is 0 Å². The summed E-state index contributed by atoms with van der Waals surface area (Å²) < 4.78 is 0. The van der Waals surface area contributed by atoms with Gasteiger partial charge in [0.05, 0.1) is 0 Å². The van der Waals surface area contributed by atoms with Crippen LogP contribution in [-0.4, -0.2) is 11.1 Å². The highest BCUT2D eigenvalue weighted by Gasteiger charge is 1.90. The van der Waals surface area contributed by atoms with Gasteiger partial charge in [-0.3, -0.25) is 4.79 Å². The van der Waals surface area contributed by atoms with Crippen LogP contribution in [0.15, 0.2) is 12.2 Å². The molecule has 0 saturated heterocycles. The highest BCUT2D eigenvalue weighted by Crippen LogP contribution is 1.91. The first-order valence-corrected chi connectivity index (χ1v) is 3.14. The van der Waals surface area contributed by atoms with Crippen molar-refractivity contribution in [2.24, 2.45) is 0 Å². The third kappa shape index (κ3) is 7.21. The average Bonchev–Trinajstić information content (AvgIpc) is 1.80. The van der Waals surface area contributed by atoms with Gasteiger partial charge in [0, 0.05) is 6.42 Å². The van der Waals surface area contributed by atoms with E-state index in [1.54, 1.807) is 0 Å². The number of rotatable bonds is 4. The standard InChI is InChI=1S/C7H12O2/c1-2-3-4-5-6-7(8)9/h3-4H,2,5-6H2,1H3,(H,8,9)/b4-3+. The minimum atomic E-state index is -0.726. The third-order valence-electron chi connectivity index (χ3n) is 0.927. The van der Waals surface area contributed by atoms with Crippen LogP contribution in [0.5, 0.6) is 0 Å². The molecule has 0 unspecified atom stereocenters. The van der Waals surface area contributed by atoms with Gasteiger partial charge in [-0.05, 0) is 12.8 Å². The zero-order valence-electron chi connectivity index (χ0n) is 5.63. The smallest absolute Gasteiger partial charge is 0.303 e. The Balaban J connectivity index is 3.09. The normalized spacial score (nSPS) is 10.3. The number of carboxylic acids is 1. The molecule has 0 saturated carbocycles. The molecule has 0 aliphatic heterocycles. The molecule has 0 atom stereocenters. The third-order valence-corrected chi connectivity index (χ3v) is 0.927. The number of hydrogen-bond donors (Lipinski definition) is 1. The van der Waals surface area contributed by atoms with Crippen molar-refractivity contribution in [2.45, 2.75) is 26.2 Å². The fourth-order valence-corrected chi connectivity index (χ4v) is 0.491. The van der Waals surface area contributed by atoms with Gasteiger partial charge in [-0.2, -0.15) is 0 Å². The van der Waals surface area contributed by atoms with Crippen LogP contribution in [0.4, 0.5) is 0 Å². The summed E-state index contributed by atoms with van der Waals surface area (Å²) in [4.78, 5) is 9.93. The largest absolute Gasteiger partial charge is 0.481 e. The topological polar surface area (TPSA) is 37.3 Å². The Bertz CT molecular complexity index is 105. The van der Waals surface area contributed by atoms with E-state index in [1.165, 1.54) is 0 Å². The van der Waals surface area contributed by atoms with E-state index in [0.29, 0.717) is 6.42 Å². The molecule has 0 radical (unpaired) electrons. The summed E-state index contributed by atoms with van der Waals surface area (Å²) in [6.07, 6.45) is 5.76. The van der Waals surface area contributed by atoms with Gasteiger partial charge >= 0.3 is 5.97 Å². The van der Waals surface area contributed by atoms with Crippen LogP contribution in [0.25, 0.3) is 0 Å². The molecule has 0 heterocycles. The molecule has 0 spiro atoms. The van der Waals surface area contributed by atoms with Crippen molar-refractivity contribution >= 4 is 5.97 Å². The zero-order valence-corrected chi connectivity index (χ0v) is 5.63. The Morgan fingerprint density at radius 2 is 2.22 bits per heavy atom. The first-order valence-electron chi connectivity index (χ1n) is 3.14. The van der Waals surface area contributed by atoms with E-state index in [9.17, 15) is 4.79 Å². The van der Waals surface area contributed by atoms with Gasteiger partial charge in [0.1, 0.15) is 0 Å². The number of allylic oxidation sites excluding steroid dienone is 2. The van der Waals surface area contributed by atoms with E-state index in [4.69, 9.17) is 5.11 Å². The van der Waals surface area contributed by atoms with E-state index in [0.717, 1.165) is 6.42 Å². The fraction of sp³-hybridized carbons (Fsp3) is 0.571. The molecule has 0 aliphatic carbocycles. The second-order valence-electron chi connectivity index (χ2n) is 1.81. The Morgan fingerprint density at radius 1 is 1.56 bits per heavy atom. The van der Waals surface area contributed by atoms with Crippen LogP contribution in [-0.2, 0) is 4.79 Å². The Hall–Kier alpha value is -0.790. The second-order valence-corrected chi connectivity index (χ2v) is 1.81. The SMILES string of the molecule is CC/C=C/CCC(=O)O. The molecule has 52 valence electrons. The van der Waals surface area contributed by atoms with E-state index in [-0.39, 0.29) is 6.42 Å². The maximum Gasteiger partial charge on any atom is 0.303 e. The molecule has 0 fully saturated rings. The highest BCUT2D eigenvalue weighted by atomic mass is 16.4. The lowest BCUT2D eigenvalue weighted by molar-refractivity contribution is -0.136.